The fourth-order valence-electron chi connectivity index (χ4n) is 0.672. The monoisotopic (exact) mass is 322 g/mol. The molecule has 0 aromatic carbocycles. The second-order valence-corrected chi connectivity index (χ2v) is 8.46. The SMILES string of the molecule is C=C/C=C\C(=C[CH]=[Ru]([Cl])[Cl])OC(C)C. The van der Waals surface area contributed by atoms with Gasteiger partial charge in [0.15, 0.2) is 0 Å². The van der Waals surface area contributed by atoms with Crippen LogP contribution in [0.1, 0.15) is 13.8 Å². The molecule has 0 fully saturated rings. The zero-order valence-corrected chi connectivity index (χ0v) is 11.4. The molecular formula is C10H14Cl2ORu. The molecule has 0 aliphatic heterocycles. The molecule has 0 saturated carbocycles. The van der Waals surface area contributed by atoms with Crippen molar-refractivity contribution in [3.63, 3.8) is 0 Å². The molecule has 4 heteroatoms. The molecule has 0 aromatic rings. The van der Waals surface area contributed by atoms with E-state index in [1.807, 2.05) is 26.0 Å². The Morgan fingerprint density at radius 3 is 2.50 bits per heavy atom. The molecular weight excluding hydrogens is 308 g/mol. The molecule has 0 amide bonds. The number of rotatable bonds is 5. The first-order valence-corrected chi connectivity index (χ1v) is 9.53. The summed E-state index contributed by atoms with van der Waals surface area (Å²) in [5, 5.41) is 0. The van der Waals surface area contributed by atoms with Crippen molar-refractivity contribution < 1.29 is 18.3 Å². The van der Waals surface area contributed by atoms with Gasteiger partial charge in [0.25, 0.3) is 0 Å². The zero-order chi connectivity index (χ0) is 11.0. The van der Waals surface area contributed by atoms with Crippen molar-refractivity contribution in [1.82, 2.24) is 0 Å². The van der Waals surface area contributed by atoms with Gasteiger partial charge in [0, 0.05) is 0 Å². The fourth-order valence-corrected chi connectivity index (χ4v) is 1.70. The van der Waals surface area contributed by atoms with Crippen molar-refractivity contribution in [3.05, 3.63) is 36.6 Å². The van der Waals surface area contributed by atoms with E-state index in [-0.39, 0.29) is 6.10 Å². The summed E-state index contributed by atoms with van der Waals surface area (Å²) in [7, 11) is 11.4. The Balaban J connectivity index is 4.53. The molecule has 82 valence electrons. The van der Waals surface area contributed by atoms with Crippen molar-refractivity contribution in [2.75, 3.05) is 0 Å². The summed E-state index contributed by atoms with van der Waals surface area (Å²) in [5.41, 5.74) is 0. The van der Waals surface area contributed by atoms with Gasteiger partial charge in [-0.05, 0) is 0 Å². The Morgan fingerprint density at radius 1 is 1.43 bits per heavy atom. The summed E-state index contributed by atoms with van der Waals surface area (Å²) >= 11 is -1.74. The summed E-state index contributed by atoms with van der Waals surface area (Å²) < 4.78 is 7.29. The average Bonchev–Trinajstić information content (AvgIpc) is 2.09. The maximum atomic E-state index is 5.70. The van der Waals surface area contributed by atoms with E-state index in [0.717, 1.165) is 5.76 Å². The second kappa shape index (κ2) is 8.41. The molecule has 1 nitrogen and oxygen atoms in total. The minimum atomic E-state index is -1.74. The molecule has 0 saturated heterocycles. The van der Waals surface area contributed by atoms with Crippen LogP contribution >= 0.6 is 19.4 Å². The van der Waals surface area contributed by atoms with E-state index in [0.29, 0.717) is 0 Å². The number of ether oxygens (including phenoxy) is 1. The van der Waals surface area contributed by atoms with E-state index in [1.54, 1.807) is 16.8 Å². The van der Waals surface area contributed by atoms with Gasteiger partial charge in [0.2, 0.25) is 0 Å². The van der Waals surface area contributed by atoms with E-state index < -0.39 is 13.5 Å². The normalized spacial score (nSPS) is 13.2. The van der Waals surface area contributed by atoms with Gasteiger partial charge in [-0.2, -0.15) is 0 Å². The van der Waals surface area contributed by atoms with Crippen molar-refractivity contribution in [3.8, 4) is 0 Å². The third-order valence-corrected chi connectivity index (χ3v) is 2.86. The van der Waals surface area contributed by atoms with Crippen LogP contribution in [0.3, 0.4) is 0 Å². The third-order valence-electron chi connectivity index (χ3n) is 1.08. The Labute approximate surface area is 98.6 Å². The average molecular weight is 322 g/mol. The van der Waals surface area contributed by atoms with E-state index >= 15 is 0 Å². The van der Waals surface area contributed by atoms with Gasteiger partial charge >= 0.3 is 98.8 Å². The Kier molecular flexibility index (Phi) is 8.46. The zero-order valence-electron chi connectivity index (χ0n) is 8.19. The van der Waals surface area contributed by atoms with Crippen molar-refractivity contribution in [1.29, 1.82) is 0 Å². The molecule has 0 aromatic heterocycles. The van der Waals surface area contributed by atoms with Crippen LogP contribution in [0.25, 0.3) is 0 Å². The summed E-state index contributed by atoms with van der Waals surface area (Å²) in [6.45, 7) is 7.51. The van der Waals surface area contributed by atoms with Crippen LogP contribution in [-0.4, -0.2) is 10.7 Å². The Bertz CT molecular complexity index is 263. The fraction of sp³-hybridized carbons (Fsp3) is 0.300. The first kappa shape index (κ1) is 14.1. The standard InChI is InChI=1S/C10H14O.2ClH.Ru/c1-5-7-8-10(6-2)11-9(3)4;;;/h2,5-9H,1H2,3-4H3;2*1H;/q;;;+2/p-2/b8-7-,10-6?;;;. The van der Waals surface area contributed by atoms with Gasteiger partial charge in [0.1, 0.15) is 0 Å². The van der Waals surface area contributed by atoms with E-state index in [1.165, 1.54) is 0 Å². The first-order valence-electron chi connectivity index (χ1n) is 4.05. The van der Waals surface area contributed by atoms with Crippen molar-refractivity contribution in [2.45, 2.75) is 20.0 Å². The van der Waals surface area contributed by atoms with Crippen LogP contribution in [0.2, 0.25) is 0 Å². The van der Waals surface area contributed by atoms with Crippen LogP contribution < -0.4 is 0 Å². The van der Waals surface area contributed by atoms with E-state index in [4.69, 9.17) is 24.1 Å². The molecule has 0 bridgehead atoms. The molecule has 0 aliphatic rings. The van der Waals surface area contributed by atoms with Gasteiger partial charge < -0.3 is 0 Å². The molecule has 0 heterocycles. The quantitative estimate of drug-likeness (QED) is 0.425. The van der Waals surface area contributed by atoms with Gasteiger partial charge in [-0.3, -0.25) is 0 Å². The molecule has 0 radical (unpaired) electrons. The Hall–Kier alpha value is 0.0934. The summed E-state index contributed by atoms with van der Waals surface area (Å²) in [6, 6.07) is 0. The molecule has 0 N–H and O–H groups in total. The van der Waals surface area contributed by atoms with E-state index in [9.17, 15) is 0 Å². The van der Waals surface area contributed by atoms with E-state index in [2.05, 4.69) is 6.58 Å². The molecule has 0 unspecified atom stereocenters. The topological polar surface area (TPSA) is 9.23 Å². The minimum absolute atomic E-state index is 0.135. The van der Waals surface area contributed by atoms with Crippen LogP contribution in [0, 0.1) is 0 Å². The molecule has 14 heavy (non-hydrogen) atoms. The first-order chi connectivity index (χ1) is 6.56. The summed E-state index contributed by atoms with van der Waals surface area (Å²) in [5.74, 6) is 0.750. The van der Waals surface area contributed by atoms with Crippen molar-refractivity contribution >= 4 is 24.0 Å². The Morgan fingerprint density at radius 2 is 2.07 bits per heavy atom. The second-order valence-electron chi connectivity index (χ2n) is 2.65. The van der Waals surface area contributed by atoms with Crippen LogP contribution in [0.15, 0.2) is 36.6 Å². The van der Waals surface area contributed by atoms with Gasteiger partial charge in [0.05, 0.1) is 0 Å². The molecule has 0 rings (SSSR count). The summed E-state index contributed by atoms with van der Waals surface area (Å²) in [4.78, 5) is 0. The number of hydrogen-bond donors (Lipinski definition) is 0. The van der Waals surface area contributed by atoms with Crippen LogP contribution in [0.4, 0.5) is 0 Å². The molecule has 0 atom stereocenters. The molecule has 0 aliphatic carbocycles. The predicted molar refractivity (Wildman–Crippen MR) is 61.4 cm³/mol. The number of allylic oxidation sites excluding steroid dienone is 4. The number of hydrogen-bond acceptors (Lipinski definition) is 1. The van der Waals surface area contributed by atoms with Gasteiger partial charge in [-0.1, -0.05) is 0 Å². The van der Waals surface area contributed by atoms with Gasteiger partial charge in [-0.15, -0.1) is 0 Å². The predicted octanol–water partition coefficient (Wildman–Crippen LogP) is 3.77. The molecule has 0 spiro atoms. The van der Waals surface area contributed by atoms with Crippen LogP contribution in [-0.2, 0) is 18.3 Å². The van der Waals surface area contributed by atoms with Gasteiger partial charge in [-0.25, -0.2) is 0 Å². The summed E-state index contributed by atoms with van der Waals surface area (Å²) in [6.07, 6.45) is 7.26. The third kappa shape index (κ3) is 8.68. The number of halogens is 2. The van der Waals surface area contributed by atoms with Crippen LogP contribution in [0.5, 0.6) is 0 Å². The maximum absolute atomic E-state index is 5.70. The van der Waals surface area contributed by atoms with Crippen molar-refractivity contribution in [2.24, 2.45) is 0 Å².